The highest BCUT2D eigenvalue weighted by atomic mass is 16.5. The van der Waals surface area contributed by atoms with E-state index in [0.717, 1.165) is 5.56 Å². The number of benzene rings is 2. The van der Waals surface area contributed by atoms with Crippen LogP contribution in [-0.2, 0) is 11.3 Å². The second-order valence-corrected chi connectivity index (χ2v) is 5.26. The van der Waals surface area contributed by atoms with E-state index in [1.807, 2.05) is 30.3 Å². The van der Waals surface area contributed by atoms with Crippen LogP contribution in [0.3, 0.4) is 0 Å². The van der Waals surface area contributed by atoms with Gasteiger partial charge in [0.2, 0.25) is 0 Å². The number of methoxy groups -OCH3 is 1. The third kappa shape index (κ3) is 2.90. The van der Waals surface area contributed by atoms with E-state index in [-0.39, 0.29) is 5.56 Å². The zero-order chi connectivity index (χ0) is 16.4. The molecule has 0 fully saturated rings. The van der Waals surface area contributed by atoms with Crippen molar-refractivity contribution < 1.29 is 9.53 Å². The summed E-state index contributed by atoms with van der Waals surface area (Å²) in [5, 5.41) is 0.948. The number of carbonyl (C=O) groups is 1. The number of pyridine rings is 1. The third-order valence-electron chi connectivity index (χ3n) is 3.71. The maximum Gasteiger partial charge on any atom is 0.339 e. The molecule has 0 saturated carbocycles. The number of aromatic nitrogens is 1. The molecule has 0 aliphatic rings. The molecule has 0 bridgehead atoms. The predicted octanol–water partition coefficient (Wildman–Crippen LogP) is 1.63. The molecule has 2 aromatic carbocycles. The second-order valence-electron chi connectivity index (χ2n) is 5.26. The molecule has 3 aromatic rings. The van der Waals surface area contributed by atoms with Crippen LogP contribution in [0, 0.1) is 0 Å². The summed E-state index contributed by atoms with van der Waals surface area (Å²) in [5.74, 6) is -0.498. The van der Waals surface area contributed by atoms with E-state index in [4.69, 9.17) is 12.6 Å². The minimum Gasteiger partial charge on any atom is -0.465 e. The fraction of sp³-hybridized carbons (Fsp3) is 0.111. The molecule has 2 radical (unpaired) electrons. The molecule has 0 spiro atoms. The molecule has 23 heavy (non-hydrogen) atoms. The first-order valence-electron chi connectivity index (χ1n) is 7.15. The van der Waals surface area contributed by atoms with Crippen molar-refractivity contribution in [3.05, 3.63) is 76.2 Å². The highest BCUT2D eigenvalue weighted by Crippen LogP contribution is 2.16. The molecule has 0 atom stereocenters. The maximum absolute atomic E-state index is 12.7. The van der Waals surface area contributed by atoms with Crippen LogP contribution in [0.2, 0.25) is 0 Å². The lowest BCUT2D eigenvalue weighted by atomic mass is 9.92. The van der Waals surface area contributed by atoms with Crippen LogP contribution in [0.4, 0.5) is 0 Å². The minimum atomic E-state index is -0.498. The zero-order valence-corrected chi connectivity index (χ0v) is 12.7. The van der Waals surface area contributed by atoms with Gasteiger partial charge in [-0.1, -0.05) is 47.9 Å². The molecule has 3 rings (SSSR count). The normalized spacial score (nSPS) is 10.7. The first kappa shape index (κ1) is 15.1. The molecular weight excluding hydrogens is 289 g/mol. The Hall–Kier alpha value is -2.82. The van der Waals surface area contributed by atoms with Gasteiger partial charge < -0.3 is 9.30 Å². The van der Waals surface area contributed by atoms with Gasteiger partial charge >= 0.3 is 5.97 Å². The number of esters is 1. The van der Waals surface area contributed by atoms with Crippen molar-refractivity contribution in [2.75, 3.05) is 7.11 Å². The zero-order valence-electron chi connectivity index (χ0n) is 12.7. The molecule has 0 amide bonds. The average molecular weight is 303 g/mol. The second kappa shape index (κ2) is 6.12. The maximum atomic E-state index is 12.7. The topological polar surface area (TPSA) is 48.3 Å². The number of rotatable bonds is 3. The number of hydrogen-bond donors (Lipinski definition) is 0. The minimum absolute atomic E-state index is 0.170. The van der Waals surface area contributed by atoms with Crippen molar-refractivity contribution in [1.29, 1.82) is 0 Å². The number of fused-ring (bicyclic) bond motifs is 1. The average Bonchev–Trinajstić information content (AvgIpc) is 2.57. The quantitative estimate of drug-likeness (QED) is 0.546. The van der Waals surface area contributed by atoms with Crippen LogP contribution in [0.25, 0.3) is 10.8 Å². The summed E-state index contributed by atoms with van der Waals surface area (Å²) in [7, 11) is 7.10. The van der Waals surface area contributed by atoms with Gasteiger partial charge in [0.15, 0.2) is 0 Å². The number of hydrogen-bond acceptors (Lipinski definition) is 3. The first-order valence-corrected chi connectivity index (χ1v) is 7.15. The van der Waals surface area contributed by atoms with E-state index in [1.54, 1.807) is 18.2 Å². The van der Waals surface area contributed by atoms with E-state index >= 15 is 0 Å². The van der Waals surface area contributed by atoms with Gasteiger partial charge in [0.25, 0.3) is 5.56 Å². The summed E-state index contributed by atoms with van der Waals surface area (Å²) in [6, 6.07) is 14.5. The lowest BCUT2D eigenvalue weighted by Crippen LogP contribution is -2.23. The smallest absolute Gasteiger partial charge is 0.339 e. The van der Waals surface area contributed by atoms with Crippen molar-refractivity contribution in [1.82, 2.24) is 4.57 Å². The Balaban J connectivity index is 2.23. The highest BCUT2D eigenvalue weighted by Gasteiger charge is 2.15. The van der Waals surface area contributed by atoms with Crippen molar-refractivity contribution in [2.45, 2.75) is 6.54 Å². The molecule has 0 N–H and O–H groups in total. The van der Waals surface area contributed by atoms with Gasteiger partial charge in [0.1, 0.15) is 7.85 Å². The van der Waals surface area contributed by atoms with Crippen molar-refractivity contribution in [3.63, 3.8) is 0 Å². The molecule has 0 unspecified atom stereocenters. The molecule has 0 aliphatic heterocycles. The van der Waals surface area contributed by atoms with Crippen LogP contribution >= 0.6 is 0 Å². The van der Waals surface area contributed by atoms with Gasteiger partial charge in [0.05, 0.1) is 19.2 Å². The van der Waals surface area contributed by atoms with E-state index in [9.17, 15) is 9.59 Å². The molecule has 1 aromatic heterocycles. The summed E-state index contributed by atoms with van der Waals surface area (Å²) < 4.78 is 6.35. The van der Waals surface area contributed by atoms with Crippen molar-refractivity contribution >= 4 is 30.1 Å². The standard InChI is InChI=1S/C18H14BNO3/c1-23-18(22)16-11-20(10-12-5-3-2-4-6-12)17(21)14-8-7-13(19)9-15(14)16/h2-9,11H,10H2,1H3. The van der Waals surface area contributed by atoms with Gasteiger partial charge in [-0.25, -0.2) is 4.79 Å². The van der Waals surface area contributed by atoms with Gasteiger partial charge in [0, 0.05) is 17.0 Å². The molecule has 1 heterocycles. The highest BCUT2D eigenvalue weighted by molar-refractivity contribution is 6.33. The first-order chi connectivity index (χ1) is 11.1. The van der Waals surface area contributed by atoms with Crippen LogP contribution in [0.15, 0.2) is 59.5 Å². The van der Waals surface area contributed by atoms with Crippen LogP contribution in [-0.4, -0.2) is 25.5 Å². The van der Waals surface area contributed by atoms with Gasteiger partial charge in [-0.15, -0.1) is 0 Å². The Morgan fingerprint density at radius 1 is 1.13 bits per heavy atom. The monoisotopic (exact) mass is 303 g/mol. The lowest BCUT2D eigenvalue weighted by molar-refractivity contribution is 0.0602. The number of ether oxygens (including phenoxy) is 1. The fourth-order valence-corrected chi connectivity index (χ4v) is 2.58. The van der Waals surface area contributed by atoms with Crippen LogP contribution in [0.5, 0.6) is 0 Å². The Morgan fingerprint density at radius 2 is 1.87 bits per heavy atom. The largest absolute Gasteiger partial charge is 0.465 e. The van der Waals surface area contributed by atoms with E-state index < -0.39 is 5.97 Å². The Morgan fingerprint density at radius 3 is 2.57 bits per heavy atom. The van der Waals surface area contributed by atoms with Gasteiger partial charge in [-0.05, 0) is 11.6 Å². The predicted molar refractivity (Wildman–Crippen MR) is 90.5 cm³/mol. The Labute approximate surface area is 134 Å². The Kier molecular flexibility index (Phi) is 4.02. The molecule has 112 valence electrons. The van der Waals surface area contributed by atoms with Crippen molar-refractivity contribution in [2.24, 2.45) is 0 Å². The third-order valence-corrected chi connectivity index (χ3v) is 3.71. The molecule has 5 heteroatoms. The SMILES string of the molecule is [B]c1ccc2c(=O)n(Cc3ccccc3)cc(C(=O)OC)c2c1. The van der Waals surface area contributed by atoms with Crippen LogP contribution in [0.1, 0.15) is 15.9 Å². The van der Waals surface area contributed by atoms with Gasteiger partial charge in [-0.2, -0.15) is 0 Å². The van der Waals surface area contributed by atoms with Crippen molar-refractivity contribution in [3.8, 4) is 0 Å². The van der Waals surface area contributed by atoms with E-state index in [2.05, 4.69) is 0 Å². The van der Waals surface area contributed by atoms with E-state index in [1.165, 1.54) is 17.9 Å². The molecule has 4 nitrogen and oxygen atoms in total. The summed E-state index contributed by atoms with van der Waals surface area (Å²) in [6.07, 6.45) is 1.53. The lowest BCUT2D eigenvalue weighted by Gasteiger charge is -2.12. The summed E-state index contributed by atoms with van der Waals surface area (Å²) in [6.45, 7) is 0.379. The molecule has 0 aliphatic carbocycles. The summed E-state index contributed by atoms with van der Waals surface area (Å²) in [5.41, 5.74) is 1.62. The fourth-order valence-electron chi connectivity index (χ4n) is 2.58. The van der Waals surface area contributed by atoms with E-state index in [0.29, 0.717) is 28.3 Å². The Bertz CT molecular complexity index is 932. The summed E-state index contributed by atoms with van der Waals surface area (Å²) in [4.78, 5) is 24.8. The van der Waals surface area contributed by atoms with Gasteiger partial charge in [-0.3, -0.25) is 4.79 Å². The van der Waals surface area contributed by atoms with Crippen LogP contribution < -0.4 is 11.0 Å². The number of nitrogens with zero attached hydrogens (tertiary/aromatic N) is 1. The number of carbonyl (C=O) groups excluding carboxylic acids is 1. The summed E-state index contributed by atoms with van der Waals surface area (Å²) >= 11 is 0. The molecular formula is C18H14BNO3. The molecule has 0 saturated heterocycles.